The predicted molar refractivity (Wildman–Crippen MR) is 106 cm³/mol. The van der Waals surface area contributed by atoms with Crippen molar-refractivity contribution in [2.24, 2.45) is 0 Å². The molecule has 0 saturated carbocycles. The summed E-state index contributed by atoms with van der Waals surface area (Å²) in [5, 5.41) is 12.4. The van der Waals surface area contributed by atoms with Gasteiger partial charge in [-0.3, -0.25) is 9.59 Å². The summed E-state index contributed by atoms with van der Waals surface area (Å²) in [6.07, 6.45) is 5.55. The number of benzene rings is 1. The molecule has 2 rings (SSSR count). The Morgan fingerprint density at radius 3 is 2.75 bits per heavy atom. The third kappa shape index (κ3) is 5.99. The van der Waals surface area contributed by atoms with E-state index in [1.54, 1.807) is 31.4 Å². The van der Waals surface area contributed by atoms with Crippen LogP contribution in [-0.4, -0.2) is 42.6 Å². The van der Waals surface area contributed by atoms with Gasteiger partial charge in [0.05, 0.1) is 19.4 Å². The van der Waals surface area contributed by atoms with Crippen LogP contribution in [0.15, 0.2) is 36.4 Å². The Morgan fingerprint density at radius 1 is 1.21 bits per heavy atom. The average molecular weight is 386 g/mol. The molecule has 1 amide bonds. The zero-order valence-electron chi connectivity index (χ0n) is 16.2. The topological polar surface area (TPSA) is 89.8 Å². The molecule has 150 valence electrons. The molecule has 2 aromatic rings. The van der Waals surface area contributed by atoms with Crippen LogP contribution in [-0.2, 0) is 22.7 Å². The molecule has 2 N–H and O–H groups in total. The number of hydrogen-bond donors (Lipinski definition) is 2. The molecule has 0 aliphatic rings. The van der Waals surface area contributed by atoms with E-state index in [1.807, 2.05) is 10.6 Å². The van der Waals surface area contributed by atoms with Crippen molar-refractivity contribution in [3.63, 3.8) is 0 Å². The molecule has 0 aliphatic carbocycles. The molecule has 0 radical (unpaired) electrons. The first-order valence-corrected chi connectivity index (χ1v) is 9.04. The van der Waals surface area contributed by atoms with Gasteiger partial charge in [0.25, 0.3) is 0 Å². The highest BCUT2D eigenvalue weighted by Gasteiger charge is 2.07. The first kappa shape index (κ1) is 21.2. The number of carbonyl (C=O) groups excluding carboxylic acids is 2. The molecular formula is C21H26N2O5. The second kappa shape index (κ2) is 10.9. The lowest BCUT2D eigenvalue weighted by Crippen LogP contribution is -2.22. The smallest absolute Gasteiger partial charge is 0.243 e. The molecule has 1 aromatic heterocycles. The summed E-state index contributed by atoms with van der Waals surface area (Å²) < 4.78 is 12.1. The van der Waals surface area contributed by atoms with Gasteiger partial charge in [-0.1, -0.05) is 6.07 Å². The minimum Gasteiger partial charge on any atom is -0.504 e. The Labute approximate surface area is 164 Å². The summed E-state index contributed by atoms with van der Waals surface area (Å²) in [5.74, 6) is 0.218. The van der Waals surface area contributed by atoms with Crippen LogP contribution in [0.25, 0.3) is 6.08 Å². The number of aromatic nitrogens is 1. The number of ether oxygens (including phenoxy) is 2. The van der Waals surface area contributed by atoms with Crippen LogP contribution < -0.4 is 10.1 Å². The van der Waals surface area contributed by atoms with Gasteiger partial charge in [-0.15, -0.1) is 0 Å². The number of carbonyl (C=O) groups is 2. The zero-order valence-corrected chi connectivity index (χ0v) is 16.2. The zero-order chi connectivity index (χ0) is 20.4. The summed E-state index contributed by atoms with van der Waals surface area (Å²) in [6, 6.07) is 8.53. The number of methoxy groups -OCH3 is 2. The van der Waals surface area contributed by atoms with E-state index in [4.69, 9.17) is 9.47 Å². The van der Waals surface area contributed by atoms with E-state index >= 15 is 0 Å². The van der Waals surface area contributed by atoms with Crippen LogP contribution in [0.3, 0.4) is 0 Å². The summed E-state index contributed by atoms with van der Waals surface area (Å²) in [4.78, 5) is 23.0. The summed E-state index contributed by atoms with van der Waals surface area (Å²) in [7, 11) is 3.09. The molecule has 0 spiro atoms. The van der Waals surface area contributed by atoms with Crippen molar-refractivity contribution in [3.05, 3.63) is 53.4 Å². The number of phenolic OH excluding ortho intramolecular Hbond substituents is 1. The van der Waals surface area contributed by atoms with Gasteiger partial charge in [-0.25, -0.2) is 0 Å². The molecule has 7 nitrogen and oxygen atoms in total. The highest BCUT2D eigenvalue weighted by molar-refractivity contribution is 5.91. The fraction of sp³-hybridized carbons (Fsp3) is 0.333. The second-order valence-corrected chi connectivity index (χ2v) is 6.21. The third-order valence-corrected chi connectivity index (χ3v) is 4.26. The van der Waals surface area contributed by atoms with E-state index < -0.39 is 0 Å². The van der Waals surface area contributed by atoms with Gasteiger partial charge < -0.3 is 24.5 Å². The molecule has 0 bridgehead atoms. The van der Waals surface area contributed by atoms with Crippen molar-refractivity contribution in [3.8, 4) is 11.5 Å². The summed E-state index contributed by atoms with van der Waals surface area (Å²) >= 11 is 0. The predicted octanol–water partition coefficient (Wildman–Crippen LogP) is 2.77. The van der Waals surface area contributed by atoms with Crippen molar-refractivity contribution in [2.75, 3.05) is 20.8 Å². The number of rotatable bonds is 11. The molecule has 1 aromatic carbocycles. The number of amides is 1. The number of aromatic hydroxyl groups is 1. The molecule has 0 unspecified atom stereocenters. The van der Waals surface area contributed by atoms with E-state index in [-0.39, 0.29) is 11.7 Å². The van der Waals surface area contributed by atoms with Gasteiger partial charge in [0, 0.05) is 32.0 Å². The van der Waals surface area contributed by atoms with E-state index in [9.17, 15) is 14.7 Å². The summed E-state index contributed by atoms with van der Waals surface area (Å²) in [5.41, 5.74) is 2.34. The molecule has 7 heteroatoms. The van der Waals surface area contributed by atoms with E-state index in [0.717, 1.165) is 30.4 Å². The molecule has 1 heterocycles. The van der Waals surface area contributed by atoms with Crippen LogP contribution in [0.1, 0.15) is 34.6 Å². The lowest BCUT2D eigenvalue weighted by molar-refractivity contribution is -0.116. The Bertz CT molecular complexity index is 826. The normalized spacial score (nSPS) is 10.9. The minimum atomic E-state index is -0.193. The number of nitrogens with one attached hydrogen (secondary N) is 1. The van der Waals surface area contributed by atoms with Gasteiger partial charge in [0.1, 0.15) is 0 Å². The number of hydrogen-bond acceptors (Lipinski definition) is 5. The maximum atomic E-state index is 11.9. The van der Waals surface area contributed by atoms with Gasteiger partial charge >= 0.3 is 0 Å². The Kier molecular flexibility index (Phi) is 8.30. The fourth-order valence-corrected chi connectivity index (χ4v) is 2.81. The van der Waals surface area contributed by atoms with E-state index in [0.29, 0.717) is 31.1 Å². The van der Waals surface area contributed by atoms with Crippen LogP contribution in [0.4, 0.5) is 0 Å². The van der Waals surface area contributed by atoms with Crippen molar-refractivity contribution in [1.82, 2.24) is 9.88 Å². The minimum absolute atomic E-state index is 0.0539. The SMILES string of the molecule is COCc1ccc(C=O)n1CCCCNC(=O)/C=C/c1ccc(O)c(OC)c1. The van der Waals surface area contributed by atoms with Crippen LogP contribution in [0.5, 0.6) is 11.5 Å². The first-order chi connectivity index (χ1) is 13.6. The van der Waals surface area contributed by atoms with E-state index in [1.165, 1.54) is 19.3 Å². The molecule has 0 atom stereocenters. The maximum absolute atomic E-state index is 11.9. The highest BCUT2D eigenvalue weighted by Crippen LogP contribution is 2.26. The average Bonchev–Trinajstić information content (AvgIpc) is 3.09. The van der Waals surface area contributed by atoms with E-state index in [2.05, 4.69) is 5.32 Å². The van der Waals surface area contributed by atoms with Crippen molar-refractivity contribution >= 4 is 18.3 Å². The standard InChI is InChI=1S/C21H26N2O5/c1-27-15-18-8-7-17(14-24)23(18)12-4-3-11-22-21(26)10-6-16-5-9-19(25)20(13-16)28-2/h5-10,13-14,25H,3-4,11-12,15H2,1-2H3,(H,22,26)/b10-6+. The van der Waals surface area contributed by atoms with Gasteiger partial charge in [0.2, 0.25) is 5.91 Å². The molecule has 0 aliphatic heterocycles. The van der Waals surface area contributed by atoms with Gasteiger partial charge in [-0.05, 0) is 48.7 Å². The number of phenols is 1. The van der Waals surface area contributed by atoms with Crippen LogP contribution in [0.2, 0.25) is 0 Å². The largest absolute Gasteiger partial charge is 0.504 e. The summed E-state index contributed by atoms with van der Waals surface area (Å²) in [6.45, 7) is 1.69. The van der Waals surface area contributed by atoms with Crippen molar-refractivity contribution in [2.45, 2.75) is 26.0 Å². The lowest BCUT2D eigenvalue weighted by Gasteiger charge is -2.10. The van der Waals surface area contributed by atoms with Crippen molar-refractivity contribution < 1.29 is 24.2 Å². The number of unbranched alkanes of at least 4 members (excludes halogenated alkanes) is 1. The highest BCUT2D eigenvalue weighted by atomic mass is 16.5. The monoisotopic (exact) mass is 386 g/mol. The first-order valence-electron chi connectivity index (χ1n) is 9.04. The van der Waals surface area contributed by atoms with Gasteiger partial charge in [-0.2, -0.15) is 0 Å². The lowest BCUT2D eigenvalue weighted by atomic mass is 10.2. The van der Waals surface area contributed by atoms with Gasteiger partial charge in [0.15, 0.2) is 17.8 Å². The Hall–Kier alpha value is -3.06. The maximum Gasteiger partial charge on any atom is 0.243 e. The third-order valence-electron chi connectivity index (χ3n) is 4.26. The van der Waals surface area contributed by atoms with Crippen molar-refractivity contribution in [1.29, 1.82) is 0 Å². The number of nitrogens with zero attached hydrogens (tertiary/aromatic N) is 1. The van der Waals surface area contributed by atoms with Crippen LogP contribution >= 0.6 is 0 Å². The quantitative estimate of drug-likeness (QED) is 0.352. The number of aldehydes is 1. The molecule has 28 heavy (non-hydrogen) atoms. The second-order valence-electron chi connectivity index (χ2n) is 6.21. The Morgan fingerprint density at radius 2 is 2.04 bits per heavy atom. The molecular weight excluding hydrogens is 360 g/mol. The Balaban J connectivity index is 1.76. The molecule has 0 fully saturated rings. The molecule has 0 saturated heterocycles. The van der Waals surface area contributed by atoms with Crippen LogP contribution in [0, 0.1) is 0 Å². The fourth-order valence-electron chi connectivity index (χ4n) is 2.81.